The molecule has 1 aliphatic rings. The number of carbonyl (C=O) groups is 2. The average Bonchev–Trinajstić information content (AvgIpc) is 1.88. The lowest BCUT2D eigenvalue weighted by Gasteiger charge is -2.19. The molecule has 56 valence electrons. The second-order valence-electron chi connectivity index (χ2n) is 2.08. The van der Waals surface area contributed by atoms with Gasteiger partial charge in [-0.2, -0.15) is 0 Å². The van der Waals surface area contributed by atoms with Crippen molar-refractivity contribution >= 4 is 11.9 Å². The number of imide groups is 1. The lowest BCUT2D eigenvalue weighted by Crippen LogP contribution is -2.53. The number of rotatable bonds is 1. The van der Waals surface area contributed by atoms with Crippen LogP contribution < -0.4 is 10.6 Å². The van der Waals surface area contributed by atoms with E-state index in [1.807, 2.05) is 5.32 Å². The lowest BCUT2D eigenvalue weighted by molar-refractivity contribution is -0.125. The Bertz CT molecular complexity index is 168. The minimum Gasteiger partial charge on any atom is -0.395 e. The zero-order valence-electron chi connectivity index (χ0n) is 5.26. The Hall–Kier alpha value is -1.10. The van der Waals surface area contributed by atoms with Crippen LogP contribution in [-0.4, -0.2) is 30.2 Å². The van der Waals surface area contributed by atoms with Crippen LogP contribution in [0.25, 0.3) is 0 Å². The Balaban J connectivity index is 2.51. The van der Waals surface area contributed by atoms with E-state index in [0.29, 0.717) is 0 Å². The monoisotopic (exact) mass is 144 g/mol. The van der Waals surface area contributed by atoms with Crippen LogP contribution in [-0.2, 0) is 4.79 Å². The summed E-state index contributed by atoms with van der Waals surface area (Å²) in [5, 5.41) is 12.9. The van der Waals surface area contributed by atoms with Crippen LogP contribution in [0, 0.1) is 5.92 Å². The SMILES string of the molecule is O=C1NC[C@H](CO)C(=O)N1. The molecule has 5 heteroatoms. The van der Waals surface area contributed by atoms with Gasteiger partial charge in [-0.3, -0.25) is 10.1 Å². The molecule has 0 saturated carbocycles. The van der Waals surface area contributed by atoms with Gasteiger partial charge in [-0.1, -0.05) is 0 Å². The Labute approximate surface area is 57.4 Å². The normalized spacial score (nSPS) is 25.5. The van der Waals surface area contributed by atoms with Gasteiger partial charge < -0.3 is 10.4 Å². The predicted octanol–water partition coefficient (Wildman–Crippen LogP) is -1.57. The molecule has 1 heterocycles. The first kappa shape index (κ1) is 7.01. The number of urea groups is 1. The molecule has 0 unspecified atom stereocenters. The highest BCUT2D eigenvalue weighted by Gasteiger charge is 2.24. The van der Waals surface area contributed by atoms with E-state index in [1.165, 1.54) is 0 Å². The van der Waals surface area contributed by atoms with Gasteiger partial charge >= 0.3 is 6.03 Å². The standard InChI is InChI=1S/C5H8N2O3/c8-2-3-1-6-5(10)7-4(3)9/h3,8H,1-2H2,(H2,6,7,9,10)/t3-/m1/s1. The number of aliphatic hydroxyl groups excluding tert-OH is 1. The van der Waals surface area contributed by atoms with Gasteiger partial charge in [-0.25, -0.2) is 4.79 Å². The van der Waals surface area contributed by atoms with Crippen LogP contribution in [0.5, 0.6) is 0 Å². The van der Waals surface area contributed by atoms with Crippen LogP contribution in [0.15, 0.2) is 0 Å². The highest BCUT2D eigenvalue weighted by Crippen LogP contribution is 1.96. The molecule has 0 bridgehead atoms. The fourth-order valence-corrected chi connectivity index (χ4v) is 0.714. The zero-order chi connectivity index (χ0) is 7.56. The summed E-state index contributed by atoms with van der Waals surface area (Å²) >= 11 is 0. The van der Waals surface area contributed by atoms with Crippen LogP contribution >= 0.6 is 0 Å². The predicted molar refractivity (Wildman–Crippen MR) is 32.1 cm³/mol. The second-order valence-corrected chi connectivity index (χ2v) is 2.08. The molecular weight excluding hydrogens is 136 g/mol. The quantitative estimate of drug-likeness (QED) is 0.416. The number of hydrogen-bond donors (Lipinski definition) is 3. The zero-order valence-corrected chi connectivity index (χ0v) is 5.26. The fourth-order valence-electron chi connectivity index (χ4n) is 0.714. The van der Waals surface area contributed by atoms with E-state index >= 15 is 0 Å². The van der Waals surface area contributed by atoms with Gasteiger partial charge in [0.1, 0.15) is 0 Å². The molecule has 3 amide bonds. The number of aliphatic hydroxyl groups is 1. The maximum Gasteiger partial charge on any atom is 0.321 e. The molecule has 1 atom stereocenters. The van der Waals surface area contributed by atoms with Gasteiger partial charge in [0.2, 0.25) is 5.91 Å². The summed E-state index contributed by atoms with van der Waals surface area (Å²) < 4.78 is 0. The smallest absolute Gasteiger partial charge is 0.321 e. The molecule has 1 aliphatic heterocycles. The molecule has 1 fully saturated rings. The first-order chi connectivity index (χ1) is 4.74. The summed E-state index contributed by atoms with van der Waals surface area (Å²) in [5.74, 6) is -0.899. The van der Waals surface area contributed by atoms with Gasteiger partial charge in [-0.15, -0.1) is 0 Å². The van der Waals surface area contributed by atoms with E-state index in [0.717, 1.165) is 0 Å². The van der Waals surface area contributed by atoms with E-state index in [9.17, 15) is 9.59 Å². The van der Waals surface area contributed by atoms with Crippen molar-refractivity contribution in [3.05, 3.63) is 0 Å². The average molecular weight is 144 g/mol. The molecule has 10 heavy (non-hydrogen) atoms. The minimum absolute atomic E-state index is 0.223. The van der Waals surface area contributed by atoms with Crippen LogP contribution in [0.2, 0.25) is 0 Å². The summed E-state index contributed by atoms with van der Waals surface area (Å²) in [5.41, 5.74) is 0. The van der Waals surface area contributed by atoms with E-state index in [2.05, 4.69) is 5.32 Å². The summed E-state index contributed by atoms with van der Waals surface area (Å²) in [6.45, 7) is -0.00667. The highest BCUT2D eigenvalue weighted by atomic mass is 16.3. The van der Waals surface area contributed by atoms with Crippen LogP contribution in [0.4, 0.5) is 4.79 Å². The molecule has 0 aromatic rings. The highest BCUT2D eigenvalue weighted by molar-refractivity contribution is 5.97. The van der Waals surface area contributed by atoms with Crippen molar-refractivity contribution < 1.29 is 14.7 Å². The third kappa shape index (κ3) is 1.24. The largest absolute Gasteiger partial charge is 0.395 e. The number of nitrogens with one attached hydrogen (secondary N) is 2. The Kier molecular flexibility index (Phi) is 1.86. The van der Waals surface area contributed by atoms with Gasteiger partial charge in [0.15, 0.2) is 0 Å². The summed E-state index contributed by atoms with van der Waals surface area (Å²) in [6, 6.07) is -0.491. The molecule has 1 saturated heterocycles. The van der Waals surface area contributed by atoms with Gasteiger partial charge in [0.05, 0.1) is 12.5 Å². The molecule has 1 rings (SSSR count). The maximum absolute atomic E-state index is 10.7. The minimum atomic E-state index is -0.491. The first-order valence-electron chi connectivity index (χ1n) is 2.93. The molecule has 3 N–H and O–H groups in total. The summed E-state index contributed by atoms with van der Waals surface area (Å²) in [4.78, 5) is 21.1. The molecule has 0 radical (unpaired) electrons. The number of carbonyl (C=O) groups excluding carboxylic acids is 2. The second kappa shape index (κ2) is 2.66. The molecular formula is C5H8N2O3. The van der Waals surface area contributed by atoms with Crippen molar-refractivity contribution in [1.82, 2.24) is 10.6 Å². The van der Waals surface area contributed by atoms with Crippen molar-refractivity contribution in [2.75, 3.05) is 13.2 Å². The number of amides is 3. The lowest BCUT2D eigenvalue weighted by atomic mass is 10.1. The van der Waals surface area contributed by atoms with E-state index in [1.54, 1.807) is 0 Å². The Morgan fingerprint density at radius 3 is 2.80 bits per heavy atom. The third-order valence-corrected chi connectivity index (χ3v) is 1.34. The maximum atomic E-state index is 10.7. The number of hydrogen-bond acceptors (Lipinski definition) is 3. The molecule has 0 aromatic heterocycles. The van der Waals surface area contributed by atoms with E-state index in [-0.39, 0.29) is 13.2 Å². The first-order valence-corrected chi connectivity index (χ1v) is 2.93. The summed E-state index contributed by atoms with van der Waals surface area (Å²) in [6.07, 6.45) is 0. The molecule has 0 aromatic carbocycles. The third-order valence-electron chi connectivity index (χ3n) is 1.34. The van der Waals surface area contributed by atoms with Gasteiger partial charge in [-0.05, 0) is 0 Å². The van der Waals surface area contributed by atoms with Crippen molar-refractivity contribution in [2.45, 2.75) is 0 Å². The van der Waals surface area contributed by atoms with Gasteiger partial charge in [0.25, 0.3) is 0 Å². The Morgan fingerprint density at radius 1 is 1.60 bits per heavy atom. The van der Waals surface area contributed by atoms with Crippen molar-refractivity contribution in [3.63, 3.8) is 0 Å². The van der Waals surface area contributed by atoms with Gasteiger partial charge in [0, 0.05) is 6.54 Å². The summed E-state index contributed by atoms with van der Waals surface area (Å²) in [7, 11) is 0. The fraction of sp³-hybridized carbons (Fsp3) is 0.600. The molecule has 0 spiro atoms. The van der Waals surface area contributed by atoms with Crippen LogP contribution in [0.3, 0.4) is 0 Å². The topological polar surface area (TPSA) is 78.4 Å². The molecule has 0 aliphatic carbocycles. The Morgan fingerprint density at radius 2 is 2.30 bits per heavy atom. The van der Waals surface area contributed by atoms with Crippen molar-refractivity contribution in [3.8, 4) is 0 Å². The van der Waals surface area contributed by atoms with Crippen LogP contribution in [0.1, 0.15) is 0 Å². The molecule has 5 nitrogen and oxygen atoms in total. The van der Waals surface area contributed by atoms with E-state index in [4.69, 9.17) is 5.11 Å². The van der Waals surface area contributed by atoms with Crippen molar-refractivity contribution in [1.29, 1.82) is 0 Å². The van der Waals surface area contributed by atoms with E-state index < -0.39 is 17.9 Å². The van der Waals surface area contributed by atoms with Crippen molar-refractivity contribution in [2.24, 2.45) is 5.92 Å².